The average molecular weight is 1590 g/mol. The number of halogens is 6. The Morgan fingerprint density at radius 1 is 0.500 bits per heavy atom. The van der Waals surface area contributed by atoms with Crippen LogP contribution in [0.2, 0.25) is 0 Å². The molecule has 0 spiro atoms. The number of hydrogen-bond acceptors (Lipinski definition) is 19. The van der Waals surface area contributed by atoms with Crippen molar-refractivity contribution < 1.29 is 55.5 Å². The fourth-order valence-corrected chi connectivity index (χ4v) is 11.9. The van der Waals surface area contributed by atoms with Crippen LogP contribution in [0.3, 0.4) is 0 Å². The predicted octanol–water partition coefficient (Wildman–Crippen LogP) is 14.5. The van der Waals surface area contributed by atoms with E-state index in [-0.39, 0.29) is 41.3 Å². The van der Waals surface area contributed by atoms with E-state index >= 15 is 0 Å². The van der Waals surface area contributed by atoms with Gasteiger partial charge in [0.25, 0.3) is 30.6 Å². The third kappa shape index (κ3) is 17.1. The van der Waals surface area contributed by atoms with Crippen molar-refractivity contribution in [2.24, 2.45) is 0 Å². The average Bonchev–Trinajstić information content (AvgIpc) is 1.62. The third-order valence-electron chi connectivity index (χ3n) is 17.7. The summed E-state index contributed by atoms with van der Waals surface area (Å²) in [5.74, 6) is 3.60. The summed E-state index contributed by atoms with van der Waals surface area (Å²) in [6, 6.07) is 38.2. The number of hydrogen-bond donors (Lipinski definition) is 3. The molecule has 0 aliphatic carbocycles. The Balaban J connectivity index is 0.000000138. The molecule has 12 heterocycles. The Morgan fingerprint density at radius 2 is 0.894 bits per heavy atom. The molecule has 8 aromatic heterocycles. The maximum atomic E-state index is 13.3. The number of rotatable bonds is 4. The lowest BCUT2D eigenvalue weighted by molar-refractivity contribution is 0.00578. The molecule has 3 amide bonds. The van der Waals surface area contributed by atoms with E-state index in [0.29, 0.717) is 134 Å². The van der Waals surface area contributed by atoms with Crippen LogP contribution in [-0.4, -0.2) is 125 Å². The fourth-order valence-electron chi connectivity index (χ4n) is 11.1. The van der Waals surface area contributed by atoms with Gasteiger partial charge < -0.3 is 53.2 Å². The van der Waals surface area contributed by atoms with E-state index in [0.717, 1.165) is 15.5 Å². The van der Waals surface area contributed by atoms with Gasteiger partial charge in [0, 0.05) is 63.4 Å². The second-order valence-corrected chi connectivity index (χ2v) is 27.6. The highest BCUT2D eigenvalue weighted by Crippen LogP contribution is 2.38. The molecule has 1 fully saturated rings. The van der Waals surface area contributed by atoms with Crippen LogP contribution in [0.15, 0.2) is 169 Å². The lowest BCUT2D eigenvalue weighted by Gasteiger charge is -2.32. The molecule has 0 radical (unpaired) electrons. The largest absolute Gasteiger partial charge is 0.494 e. The van der Waals surface area contributed by atoms with Crippen molar-refractivity contribution in [2.75, 3.05) is 35.8 Å². The van der Waals surface area contributed by atoms with Gasteiger partial charge in [0.1, 0.15) is 82.2 Å². The van der Waals surface area contributed by atoms with Gasteiger partial charge in [-0.3, -0.25) is 24.4 Å². The van der Waals surface area contributed by atoms with E-state index in [2.05, 4.69) is 124 Å². The first-order valence-electron chi connectivity index (χ1n) is 33.0. The number of carbonyl (C=O) groups is 3. The Kier molecular flexibility index (Phi) is 22.6. The van der Waals surface area contributed by atoms with Gasteiger partial charge in [0.2, 0.25) is 0 Å². The first-order chi connectivity index (χ1) is 49.9. The van der Waals surface area contributed by atoms with Crippen LogP contribution >= 0.6 is 38.5 Å². The zero-order valence-electron chi connectivity index (χ0n) is 57.1. The van der Waals surface area contributed by atoms with Crippen molar-refractivity contribution in [3.8, 4) is 62.9 Å². The summed E-state index contributed by atoms with van der Waals surface area (Å²) in [5, 5.41) is 33.3. The van der Waals surface area contributed by atoms with Crippen LogP contribution in [0.4, 0.5) is 35.0 Å². The molecule has 534 valence electrons. The van der Waals surface area contributed by atoms with Gasteiger partial charge in [0.15, 0.2) is 17.5 Å². The maximum Gasteiger partial charge on any atom is 0.494 e. The van der Waals surface area contributed by atoms with Gasteiger partial charge in [-0.05, 0) is 195 Å². The molecule has 25 nitrogen and oxygen atoms in total. The highest BCUT2D eigenvalue weighted by molar-refractivity contribution is 14.1. The second-order valence-electron chi connectivity index (χ2n) is 25.4. The molecular formula is C72H68BBrF4IN17O8. The Labute approximate surface area is 616 Å². The molecule has 3 unspecified atom stereocenters. The first-order valence-corrected chi connectivity index (χ1v) is 34.8. The molecule has 3 aromatic carbocycles. The van der Waals surface area contributed by atoms with Gasteiger partial charge in [-0.25, -0.2) is 32.5 Å². The second kappa shape index (κ2) is 32.1. The number of carbonyl (C=O) groups excluding carboxylic acids is 3. The summed E-state index contributed by atoms with van der Waals surface area (Å²) in [6.07, 6.45) is 4.72. The minimum Gasteiger partial charge on any atom is -0.493 e. The van der Waals surface area contributed by atoms with Crippen molar-refractivity contribution in [2.45, 2.75) is 110 Å². The molecular weight excluding hydrogens is 1520 g/mol. The van der Waals surface area contributed by atoms with Gasteiger partial charge in [-0.15, -0.1) is 30.6 Å². The van der Waals surface area contributed by atoms with E-state index in [9.17, 15) is 31.9 Å². The van der Waals surface area contributed by atoms with E-state index in [1.165, 1.54) is 30.6 Å². The molecule has 1 saturated heterocycles. The highest BCUT2D eigenvalue weighted by Gasteiger charge is 2.52. The lowest BCUT2D eigenvalue weighted by Crippen LogP contribution is -2.41. The lowest BCUT2D eigenvalue weighted by atomic mass is 9.78. The topological polar surface area (TPSA) is 290 Å². The molecule has 15 rings (SSSR count). The molecule has 4 aliphatic heterocycles. The van der Waals surface area contributed by atoms with Crippen LogP contribution < -0.4 is 35.6 Å². The predicted molar refractivity (Wildman–Crippen MR) is 391 cm³/mol. The van der Waals surface area contributed by atoms with Crippen molar-refractivity contribution in [1.29, 1.82) is 0 Å². The van der Waals surface area contributed by atoms with Crippen molar-refractivity contribution in [1.82, 2.24) is 69.2 Å². The maximum absolute atomic E-state index is 13.3. The Hall–Kier alpha value is -10.4. The third-order valence-corrected chi connectivity index (χ3v) is 18.8. The van der Waals surface area contributed by atoms with Crippen molar-refractivity contribution in [3.63, 3.8) is 0 Å². The minimum atomic E-state index is -2.65. The van der Waals surface area contributed by atoms with Gasteiger partial charge >= 0.3 is 7.12 Å². The zero-order chi connectivity index (χ0) is 73.4. The van der Waals surface area contributed by atoms with Crippen LogP contribution in [0.25, 0.3) is 45.7 Å². The van der Waals surface area contributed by atoms with Gasteiger partial charge in [-0.2, -0.15) is 0 Å². The monoisotopic (exact) mass is 1590 g/mol. The number of benzene rings is 3. The zero-order valence-corrected chi connectivity index (χ0v) is 60.8. The number of ether oxygens (including phenoxy) is 3. The van der Waals surface area contributed by atoms with Crippen LogP contribution in [-0.2, 0) is 9.31 Å². The number of aromatic nitrogens is 14. The number of alkyl halides is 4. The molecule has 32 heteroatoms. The number of amides is 3. The molecule has 11 aromatic rings. The number of pyridine rings is 5. The Bertz CT molecular complexity index is 4880. The smallest absolute Gasteiger partial charge is 0.493 e. The van der Waals surface area contributed by atoms with Crippen molar-refractivity contribution in [3.05, 3.63) is 201 Å². The summed E-state index contributed by atoms with van der Waals surface area (Å²) in [4.78, 5) is 60.3. The summed E-state index contributed by atoms with van der Waals surface area (Å²) in [5.41, 5.74) is 3.62. The summed E-state index contributed by atoms with van der Waals surface area (Å²) in [7, 11) is -0.585. The molecule has 0 saturated carbocycles. The summed E-state index contributed by atoms with van der Waals surface area (Å²) < 4.78 is 87.2. The van der Waals surface area contributed by atoms with E-state index < -0.39 is 37.1 Å². The van der Waals surface area contributed by atoms with E-state index in [4.69, 9.17) is 23.5 Å². The molecule has 3 N–H and O–H groups in total. The van der Waals surface area contributed by atoms with Crippen LogP contribution in [0, 0.1) is 3.57 Å². The molecule has 104 heavy (non-hydrogen) atoms. The quantitative estimate of drug-likeness (QED) is 0.0838. The summed E-state index contributed by atoms with van der Waals surface area (Å²) in [6.45, 7) is 15.4. The molecule has 4 aliphatic rings. The van der Waals surface area contributed by atoms with E-state index in [1.807, 2.05) is 96.9 Å². The molecule has 6 bridgehead atoms. The Morgan fingerprint density at radius 3 is 1.31 bits per heavy atom. The number of anilines is 3. The van der Waals surface area contributed by atoms with Crippen molar-refractivity contribution >= 4 is 86.3 Å². The number of nitrogens with zero attached hydrogens (tertiary/aromatic N) is 14. The minimum absolute atomic E-state index is 0.0296. The van der Waals surface area contributed by atoms with Gasteiger partial charge in [0.05, 0.1) is 47.7 Å². The van der Waals surface area contributed by atoms with Crippen LogP contribution in [0.1, 0.15) is 141 Å². The normalized spacial score (nSPS) is 17.3. The standard InChI is InChI=1S/C24H28BN5O4.C24H20F2N6O2.C18H16IN5O2.C6H4BrF2N/c1-15-11-12-32-19-10-9-16(25-33-23(2,3)24(4,5)34-25)13-17(19)22(31)28-20-8-6-7-18(27-20)21-29-26-14-30(15)21;1-14-9-10-34-20-8-6-15(16-5-7-18(22(25)26)27-12-16)11-17(20)24(33)30-21-4-2-3-19(29-21)23-31-28-13-32(14)23;1-11-7-8-26-15-6-5-12(19)9-13(15)18(25)22-16-4-2-3-14(21-16)17-23-20-10-24(11)17;7-4-1-2-5(6(8)9)10-3-4/h6-10,13-15H,11-12H2,1-5H3,(H,27,28,31);2-8,11-14,22H,9-10H2,1H3,(H,29,30,33);2-6,9-11H,7-8H2,1H3,(H,21,22,25);1-3,6H. The van der Waals surface area contributed by atoms with Gasteiger partial charge in [-0.1, -0.05) is 36.4 Å². The highest BCUT2D eigenvalue weighted by atomic mass is 127. The number of fused-ring (bicyclic) bond motifs is 15. The summed E-state index contributed by atoms with van der Waals surface area (Å²) >= 11 is 5.27. The first kappa shape index (κ1) is 73.3. The number of nitrogens with one attached hydrogen (secondary N) is 3. The van der Waals surface area contributed by atoms with E-state index in [1.54, 1.807) is 85.7 Å². The SMILES string of the molecule is CC1CCOc2ccc(-c3ccc(C(F)F)nc3)cc2C(=O)Nc2cccc(n2)-c2nncn21.CC1CCOc2ccc(B3OC(C)(C)C(C)(C)O3)cc2C(=O)Nc2cccc(n2)-c2nncn21.CC1CCOc2ccc(I)cc2C(=O)Nc2cccc(n2)-c2nncn21.FC(F)c1ccc(Br)cn1. The van der Waals surface area contributed by atoms with Crippen LogP contribution in [0.5, 0.6) is 17.2 Å². The molecule has 3 atom stereocenters. The fraction of sp³-hybridized carbons (Fsp3) is 0.278.